The molecule has 19 heavy (non-hydrogen) atoms. The van der Waals surface area contributed by atoms with E-state index in [1.54, 1.807) is 4.68 Å². The smallest absolute Gasteiger partial charge is 0.128 e. The molecule has 3 aromatic rings. The monoisotopic (exact) mass is 255 g/mol. The number of benzene rings is 2. The van der Waals surface area contributed by atoms with Gasteiger partial charge in [0.2, 0.25) is 0 Å². The van der Waals surface area contributed by atoms with Gasteiger partial charge in [0.25, 0.3) is 0 Å². The lowest BCUT2D eigenvalue weighted by Crippen LogP contribution is -2.00. The maximum absolute atomic E-state index is 14.0. The predicted octanol–water partition coefficient (Wildman–Crippen LogP) is 3.68. The molecule has 1 aromatic heterocycles. The third-order valence-corrected chi connectivity index (χ3v) is 3.20. The number of rotatable bonds is 2. The van der Waals surface area contributed by atoms with E-state index in [2.05, 4.69) is 10.3 Å². The fourth-order valence-electron chi connectivity index (χ4n) is 2.18. The second-order valence-corrected chi connectivity index (χ2v) is 4.85. The molecule has 0 spiro atoms. The van der Waals surface area contributed by atoms with E-state index in [4.69, 9.17) is 0 Å². The highest BCUT2D eigenvalue weighted by Gasteiger charge is 2.10. The Bertz CT molecular complexity index is 731. The van der Waals surface area contributed by atoms with E-state index in [0.717, 1.165) is 11.0 Å². The second-order valence-electron chi connectivity index (χ2n) is 4.85. The number of para-hydroxylation sites is 1. The normalized spacial score (nSPS) is 11.4. The molecule has 0 amide bonds. The van der Waals surface area contributed by atoms with E-state index < -0.39 is 0 Å². The summed E-state index contributed by atoms with van der Waals surface area (Å²) in [4.78, 5) is 0. The largest absolute Gasteiger partial charge is 0.213 e. The minimum absolute atomic E-state index is 0.168. The van der Waals surface area contributed by atoms with Crippen LogP contribution in [0.1, 0.15) is 25.3 Å². The Morgan fingerprint density at radius 2 is 1.89 bits per heavy atom. The van der Waals surface area contributed by atoms with Crippen molar-refractivity contribution >= 4 is 11.0 Å². The van der Waals surface area contributed by atoms with Gasteiger partial charge in [0.15, 0.2) is 0 Å². The van der Waals surface area contributed by atoms with Crippen molar-refractivity contribution in [3.63, 3.8) is 0 Å². The van der Waals surface area contributed by atoms with Crippen molar-refractivity contribution < 1.29 is 4.39 Å². The van der Waals surface area contributed by atoms with Crippen molar-refractivity contribution in [1.29, 1.82) is 0 Å². The lowest BCUT2D eigenvalue weighted by atomic mass is 10.0. The maximum Gasteiger partial charge on any atom is 0.128 e. The number of nitrogens with zero attached hydrogens (tertiary/aromatic N) is 3. The van der Waals surface area contributed by atoms with Crippen LogP contribution in [0.15, 0.2) is 42.5 Å². The molecule has 0 bridgehead atoms. The molecule has 96 valence electrons. The fraction of sp³-hybridized carbons (Fsp3) is 0.200. The van der Waals surface area contributed by atoms with Crippen LogP contribution in [-0.2, 0) is 0 Å². The van der Waals surface area contributed by atoms with Gasteiger partial charge in [-0.25, -0.2) is 9.07 Å². The van der Waals surface area contributed by atoms with E-state index in [0.29, 0.717) is 11.3 Å². The van der Waals surface area contributed by atoms with Crippen LogP contribution in [0, 0.1) is 5.82 Å². The molecule has 0 unspecified atom stereocenters. The lowest BCUT2D eigenvalue weighted by Gasteiger charge is -2.09. The summed E-state index contributed by atoms with van der Waals surface area (Å²) in [6.07, 6.45) is 0. The van der Waals surface area contributed by atoms with Gasteiger partial charge >= 0.3 is 0 Å². The fourth-order valence-corrected chi connectivity index (χ4v) is 2.18. The topological polar surface area (TPSA) is 30.7 Å². The van der Waals surface area contributed by atoms with Gasteiger partial charge in [0.1, 0.15) is 11.3 Å². The number of hydrogen-bond donors (Lipinski definition) is 0. The minimum atomic E-state index is -0.202. The first-order chi connectivity index (χ1) is 9.16. The van der Waals surface area contributed by atoms with Crippen molar-refractivity contribution in [2.45, 2.75) is 19.8 Å². The summed E-state index contributed by atoms with van der Waals surface area (Å²) < 4.78 is 15.7. The van der Waals surface area contributed by atoms with Crippen molar-refractivity contribution in [1.82, 2.24) is 15.0 Å². The van der Waals surface area contributed by atoms with Crippen LogP contribution in [0.25, 0.3) is 16.7 Å². The van der Waals surface area contributed by atoms with E-state index >= 15 is 0 Å². The molecule has 0 N–H and O–H groups in total. The standard InChI is InChI=1S/C15H14FN3/c1-10(2)12-8-7-11(9-13(12)16)19-15-6-4-3-5-14(15)17-18-19/h3-10H,1-2H3. The van der Waals surface area contributed by atoms with Gasteiger partial charge in [0, 0.05) is 0 Å². The number of aromatic nitrogens is 3. The van der Waals surface area contributed by atoms with Crippen LogP contribution < -0.4 is 0 Å². The Morgan fingerprint density at radius 1 is 1.11 bits per heavy atom. The molecule has 1 heterocycles. The van der Waals surface area contributed by atoms with Crippen LogP contribution >= 0.6 is 0 Å². The van der Waals surface area contributed by atoms with Gasteiger partial charge in [-0.05, 0) is 35.7 Å². The summed E-state index contributed by atoms with van der Waals surface area (Å²) >= 11 is 0. The molecule has 0 saturated carbocycles. The molecule has 3 nitrogen and oxygen atoms in total. The van der Waals surface area contributed by atoms with E-state index in [-0.39, 0.29) is 11.7 Å². The van der Waals surface area contributed by atoms with Crippen LogP contribution in [0.5, 0.6) is 0 Å². The van der Waals surface area contributed by atoms with Gasteiger partial charge in [-0.2, -0.15) is 0 Å². The van der Waals surface area contributed by atoms with E-state index in [1.807, 2.05) is 50.2 Å². The van der Waals surface area contributed by atoms with Crippen LogP contribution in [-0.4, -0.2) is 15.0 Å². The van der Waals surface area contributed by atoms with Crippen LogP contribution in [0.3, 0.4) is 0 Å². The van der Waals surface area contributed by atoms with E-state index in [1.165, 1.54) is 6.07 Å². The van der Waals surface area contributed by atoms with Crippen LogP contribution in [0.4, 0.5) is 4.39 Å². The zero-order valence-electron chi connectivity index (χ0n) is 10.8. The van der Waals surface area contributed by atoms with Gasteiger partial charge < -0.3 is 0 Å². The van der Waals surface area contributed by atoms with Crippen LogP contribution in [0.2, 0.25) is 0 Å². The van der Waals surface area contributed by atoms with Gasteiger partial charge in [-0.15, -0.1) is 5.10 Å². The van der Waals surface area contributed by atoms with Crippen molar-refractivity contribution in [2.75, 3.05) is 0 Å². The SMILES string of the molecule is CC(C)c1ccc(-n2nnc3ccccc32)cc1F. The van der Waals surface area contributed by atoms with Crippen molar-refractivity contribution in [2.24, 2.45) is 0 Å². The highest BCUT2D eigenvalue weighted by molar-refractivity contribution is 5.75. The Kier molecular flexibility index (Phi) is 2.78. The number of fused-ring (bicyclic) bond motifs is 1. The molecule has 0 saturated heterocycles. The molecular weight excluding hydrogens is 241 g/mol. The number of hydrogen-bond acceptors (Lipinski definition) is 2. The highest BCUT2D eigenvalue weighted by atomic mass is 19.1. The van der Waals surface area contributed by atoms with Crippen molar-refractivity contribution in [3.05, 3.63) is 53.8 Å². The van der Waals surface area contributed by atoms with Gasteiger partial charge in [0.05, 0.1) is 11.2 Å². The minimum Gasteiger partial charge on any atom is -0.213 e. The first-order valence-corrected chi connectivity index (χ1v) is 6.27. The summed E-state index contributed by atoms with van der Waals surface area (Å²) in [7, 11) is 0. The molecule has 0 aliphatic heterocycles. The molecule has 4 heteroatoms. The Balaban J connectivity index is 2.14. The molecule has 0 fully saturated rings. The lowest BCUT2D eigenvalue weighted by molar-refractivity contribution is 0.596. The molecule has 0 radical (unpaired) electrons. The number of halogens is 1. The molecule has 0 atom stereocenters. The van der Waals surface area contributed by atoms with Gasteiger partial charge in [-0.3, -0.25) is 0 Å². The third kappa shape index (κ3) is 1.99. The summed E-state index contributed by atoms with van der Waals surface area (Å²) in [5.41, 5.74) is 3.08. The average molecular weight is 255 g/mol. The molecule has 3 rings (SSSR count). The summed E-state index contributed by atoms with van der Waals surface area (Å²) in [5.74, 6) is -0.0337. The highest BCUT2D eigenvalue weighted by Crippen LogP contribution is 2.22. The van der Waals surface area contributed by atoms with Gasteiger partial charge in [-0.1, -0.05) is 37.3 Å². The Morgan fingerprint density at radius 3 is 2.63 bits per heavy atom. The third-order valence-electron chi connectivity index (χ3n) is 3.20. The first-order valence-electron chi connectivity index (χ1n) is 6.27. The second kappa shape index (κ2) is 4.46. The zero-order chi connectivity index (χ0) is 13.4. The summed E-state index contributed by atoms with van der Waals surface area (Å²) in [6.45, 7) is 3.95. The molecular formula is C15H14FN3. The predicted molar refractivity (Wildman–Crippen MR) is 72.9 cm³/mol. The zero-order valence-corrected chi connectivity index (χ0v) is 10.8. The summed E-state index contributed by atoms with van der Waals surface area (Å²) in [6, 6.07) is 12.8. The molecule has 0 aliphatic rings. The Labute approximate surface area is 110 Å². The molecule has 0 aliphatic carbocycles. The quantitative estimate of drug-likeness (QED) is 0.699. The Hall–Kier alpha value is -2.23. The van der Waals surface area contributed by atoms with E-state index in [9.17, 15) is 4.39 Å². The molecule has 2 aromatic carbocycles. The summed E-state index contributed by atoms with van der Waals surface area (Å²) in [5, 5.41) is 8.15. The maximum atomic E-state index is 14.0. The average Bonchev–Trinajstić information content (AvgIpc) is 2.82. The first kappa shape index (κ1) is 11.8. The van der Waals surface area contributed by atoms with Crippen molar-refractivity contribution in [3.8, 4) is 5.69 Å².